The predicted molar refractivity (Wildman–Crippen MR) is 72.0 cm³/mol. The molecule has 2 aromatic rings. The van der Waals surface area contributed by atoms with Crippen LogP contribution in [-0.2, 0) is 0 Å². The van der Waals surface area contributed by atoms with Crippen molar-refractivity contribution in [2.75, 3.05) is 0 Å². The Kier molecular flexibility index (Phi) is 3.47. The summed E-state index contributed by atoms with van der Waals surface area (Å²) in [5.41, 5.74) is 3.35. The molecule has 84 valence electrons. The molecule has 0 bridgehead atoms. The summed E-state index contributed by atoms with van der Waals surface area (Å²) in [5.74, 6) is 0. The van der Waals surface area contributed by atoms with Crippen LogP contribution in [-0.4, -0.2) is 5.11 Å². The summed E-state index contributed by atoms with van der Waals surface area (Å²) in [7, 11) is 0. The van der Waals surface area contributed by atoms with Crippen LogP contribution in [0.25, 0.3) is 0 Å². The van der Waals surface area contributed by atoms with Crippen LogP contribution in [0.1, 0.15) is 27.7 Å². The first-order valence-electron chi connectivity index (χ1n) is 5.07. The second-order valence-electron chi connectivity index (χ2n) is 3.93. The van der Waals surface area contributed by atoms with Gasteiger partial charge in [-0.15, -0.1) is 11.3 Å². The minimum Gasteiger partial charge on any atom is -0.383 e. The number of hydrogen-bond acceptors (Lipinski definition) is 2. The van der Waals surface area contributed by atoms with Gasteiger partial charge in [0, 0.05) is 14.7 Å². The number of thiophene rings is 1. The molecule has 1 aromatic heterocycles. The summed E-state index contributed by atoms with van der Waals surface area (Å²) in [4.78, 5) is 0.971. The minimum atomic E-state index is -0.517. The third-order valence-electron chi connectivity index (χ3n) is 2.58. The average Bonchev–Trinajstić information content (AvgIpc) is 2.64. The summed E-state index contributed by atoms with van der Waals surface area (Å²) in [6.45, 7) is 4.10. The summed E-state index contributed by atoms with van der Waals surface area (Å²) < 4.78 is 1.02. The van der Waals surface area contributed by atoms with Gasteiger partial charge in [-0.25, -0.2) is 0 Å². The lowest BCUT2D eigenvalue weighted by Crippen LogP contribution is -2.00. The Morgan fingerprint density at radius 2 is 2.00 bits per heavy atom. The quantitative estimate of drug-likeness (QED) is 0.880. The topological polar surface area (TPSA) is 20.2 Å². The van der Waals surface area contributed by atoms with Crippen molar-refractivity contribution in [3.8, 4) is 0 Å². The van der Waals surface area contributed by atoms with Crippen molar-refractivity contribution in [1.82, 2.24) is 0 Å². The van der Waals surface area contributed by atoms with Crippen molar-refractivity contribution in [1.29, 1.82) is 0 Å². The van der Waals surface area contributed by atoms with E-state index >= 15 is 0 Å². The first kappa shape index (κ1) is 11.8. The average molecular weight is 297 g/mol. The molecule has 0 aliphatic carbocycles. The lowest BCUT2D eigenvalue weighted by molar-refractivity contribution is 0.223. The molecule has 0 amide bonds. The summed E-state index contributed by atoms with van der Waals surface area (Å²) in [5, 5.41) is 12.3. The number of rotatable bonds is 2. The smallest absolute Gasteiger partial charge is 0.113 e. The van der Waals surface area contributed by atoms with E-state index in [-0.39, 0.29) is 0 Å². The Hall–Kier alpha value is -0.640. The van der Waals surface area contributed by atoms with Crippen LogP contribution in [0.3, 0.4) is 0 Å². The number of aryl methyl sites for hydroxylation is 2. The largest absolute Gasteiger partial charge is 0.383 e. The van der Waals surface area contributed by atoms with E-state index in [1.165, 1.54) is 5.56 Å². The van der Waals surface area contributed by atoms with Crippen LogP contribution in [0.5, 0.6) is 0 Å². The maximum atomic E-state index is 10.3. The van der Waals surface area contributed by atoms with E-state index in [1.54, 1.807) is 11.3 Å². The SMILES string of the molecule is Cc1ccc(C(O)c2cc(Br)cs2)c(C)c1. The van der Waals surface area contributed by atoms with Gasteiger partial charge < -0.3 is 5.11 Å². The van der Waals surface area contributed by atoms with Gasteiger partial charge in [-0.05, 0) is 47.0 Å². The highest BCUT2D eigenvalue weighted by atomic mass is 79.9. The minimum absolute atomic E-state index is 0.517. The Labute approximate surface area is 108 Å². The monoisotopic (exact) mass is 296 g/mol. The molecule has 1 atom stereocenters. The van der Waals surface area contributed by atoms with Gasteiger partial charge in [-0.2, -0.15) is 0 Å². The second-order valence-corrected chi connectivity index (χ2v) is 5.79. The lowest BCUT2D eigenvalue weighted by Gasteiger charge is -2.12. The fraction of sp³-hybridized carbons (Fsp3) is 0.231. The number of benzene rings is 1. The van der Waals surface area contributed by atoms with Gasteiger partial charge in [-0.3, -0.25) is 0 Å². The molecule has 3 heteroatoms. The Morgan fingerprint density at radius 3 is 2.56 bits per heavy atom. The fourth-order valence-corrected chi connectivity index (χ4v) is 3.20. The molecule has 1 N–H and O–H groups in total. The lowest BCUT2D eigenvalue weighted by atomic mass is 10.0. The van der Waals surface area contributed by atoms with Gasteiger partial charge in [0.2, 0.25) is 0 Å². The molecule has 2 rings (SSSR count). The zero-order valence-electron chi connectivity index (χ0n) is 9.20. The van der Waals surface area contributed by atoms with Crippen LogP contribution in [0, 0.1) is 13.8 Å². The second kappa shape index (κ2) is 4.70. The van der Waals surface area contributed by atoms with E-state index in [2.05, 4.69) is 28.9 Å². The molecule has 0 saturated heterocycles. The Balaban J connectivity index is 2.37. The van der Waals surface area contributed by atoms with Gasteiger partial charge >= 0.3 is 0 Å². The van der Waals surface area contributed by atoms with E-state index in [0.717, 1.165) is 20.5 Å². The van der Waals surface area contributed by atoms with Crippen molar-refractivity contribution in [2.24, 2.45) is 0 Å². The molecule has 1 aromatic carbocycles. The molecule has 0 spiro atoms. The highest BCUT2D eigenvalue weighted by Gasteiger charge is 2.14. The molecule has 0 aliphatic heterocycles. The Bertz CT molecular complexity index is 504. The first-order chi connectivity index (χ1) is 7.58. The molecule has 1 nitrogen and oxygen atoms in total. The predicted octanol–water partition coefficient (Wildman–Crippen LogP) is 4.21. The molecule has 1 unspecified atom stereocenters. The normalized spacial score (nSPS) is 12.8. The van der Waals surface area contributed by atoms with Gasteiger partial charge in [0.15, 0.2) is 0 Å². The first-order valence-corrected chi connectivity index (χ1v) is 6.74. The number of hydrogen-bond donors (Lipinski definition) is 1. The zero-order chi connectivity index (χ0) is 11.7. The summed E-state index contributed by atoms with van der Waals surface area (Å²) >= 11 is 4.97. The van der Waals surface area contributed by atoms with E-state index in [4.69, 9.17) is 0 Å². The van der Waals surface area contributed by atoms with Crippen molar-refractivity contribution in [3.63, 3.8) is 0 Å². The van der Waals surface area contributed by atoms with Gasteiger partial charge in [0.05, 0.1) is 0 Å². The maximum absolute atomic E-state index is 10.3. The Morgan fingerprint density at radius 1 is 1.25 bits per heavy atom. The van der Waals surface area contributed by atoms with Crippen LogP contribution in [0.4, 0.5) is 0 Å². The van der Waals surface area contributed by atoms with Crippen molar-refractivity contribution < 1.29 is 5.11 Å². The van der Waals surface area contributed by atoms with E-state index < -0.39 is 6.10 Å². The number of aliphatic hydroxyl groups excluding tert-OH is 1. The molecule has 0 aliphatic rings. The third-order valence-corrected chi connectivity index (χ3v) is 4.32. The van der Waals surface area contributed by atoms with Gasteiger partial charge in [-0.1, -0.05) is 23.8 Å². The molecule has 1 heterocycles. The van der Waals surface area contributed by atoms with E-state index in [1.807, 2.05) is 30.5 Å². The van der Waals surface area contributed by atoms with E-state index in [0.29, 0.717) is 0 Å². The fourth-order valence-electron chi connectivity index (χ4n) is 1.76. The van der Waals surface area contributed by atoms with Crippen molar-refractivity contribution >= 4 is 27.3 Å². The molecule has 0 radical (unpaired) electrons. The van der Waals surface area contributed by atoms with E-state index in [9.17, 15) is 5.11 Å². The summed E-state index contributed by atoms with van der Waals surface area (Å²) in [6.07, 6.45) is -0.517. The van der Waals surface area contributed by atoms with Gasteiger partial charge in [0.25, 0.3) is 0 Å². The van der Waals surface area contributed by atoms with Crippen molar-refractivity contribution in [2.45, 2.75) is 20.0 Å². The number of halogens is 1. The van der Waals surface area contributed by atoms with Crippen LogP contribution in [0.15, 0.2) is 34.1 Å². The number of aliphatic hydroxyl groups is 1. The van der Waals surface area contributed by atoms with Crippen LogP contribution >= 0.6 is 27.3 Å². The summed E-state index contributed by atoms with van der Waals surface area (Å²) in [6, 6.07) is 8.10. The zero-order valence-corrected chi connectivity index (χ0v) is 11.6. The standard InChI is InChI=1S/C13H13BrOS/c1-8-3-4-11(9(2)5-8)13(15)12-6-10(14)7-16-12/h3-7,13,15H,1-2H3. The highest BCUT2D eigenvalue weighted by molar-refractivity contribution is 9.10. The molecular formula is C13H13BrOS. The van der Waals surface area contributed by atoms with Crippen LogP contribution < -0.4 is 0 Å². The molecule has 0 fully saturated rings. The molecular weight excluding hydrogens is 284 g/mol. The highest BCUT2D eigenvalue weighted by Crippen LogP contribution is 2.31. The van der Waals surface area contributed by atoms with Gasteiger partial charge in [0.1, 0.15) is 6.10 Å². The maximum Gasteiger partial charge on any atom is 0.113 e. The third kappa shape index (κ3) is 2.37. The molecule has 16 heavy (non-hydrogen) atoms. The molecule has 0 saturated carbocycles. The van der Waals surface area contributed by atoms with Crippen molar-refractivity contribution in [3.05, 3.63) is 55.7 Å². The van der Waals surface area contributed by atoms with Crippen LogP contribution in [0.2, 0.25) is 0 Å².